The van der Waals surface area contributed by atoms with Gasteiger partial charge >= 0.3 is 6.03 Å². The number of amides is 2. The lowest BCUT2D eigenvalue weighted by atomic mass is 9.96. The predicted octanol–water partition coefficient (Wildman–Crippen LogP) is 5.38. The van der Waals surface area contributed by atoms with Crippen molar-refractivity contribution in [2.45, 2.75) is 33.1 Å². The molecule has 1 aliphatic rings. The second-order valence-electron chi connectivity index (χ2n) is 7.27. The summed E-state index contributed by atoms with van der Waals surface area (Å²) in [5, 5.41) is 3.93. The predicted molar refractivity (Wildman–Crippen MR) is 114 cm³/mol. The van der Waals surface area contributed by atoms with E-state index < -0.39 is 0 Å². The molecule has 0 bridgehead atoms. The minimum Gasteiger partial charge on any atom is -0.368 e. The number of nitrogens with one attached hydrogen (secondary N) is 1. The van der Waals surface area contributed by atoms with E-state index >= 15 is 0 Å². The summed E-state index contributed by atoms with van der Waals surface area (Å²) in [7, 11) is 0. The fraction of sp³-hybridized carbons (Fsp3) is 0.409. The van der Waals surface area contributed by atoms with Crippen LogP contribution in [0.5, 0.6) is 0 Å². The third kappa shape index (κ3) is 4.56. The Kier molecular flexibility index (Phi) is 6.27. The number of benzene rings is 2. The molecule has 1 saturated heterocycles. The minimum absolute atomic E-state index is 0.0106. The molecule has 0 aromatic heterocycles. The summed E-state index contributed by atoms with van der Waals surface area (Å²) < 4.78 is 0. The highest BCUT2D eigenvalue weighted by atomic mass is 35.5. The van der Waals surface area contributed by atoms with Crippen molar-refractivity contribution in [2.75, 3.05) is 36.4 Å². The van der Waals surface area contributed by atoms with Crippen molar-refractivity contribution in [2.24, 2.45) is 0 Å². The number of urea groups is 1. The molecule has 0 saturated carbocycles. The molecule has 1 N–H and O–H groups in total. The maximum Gasteiger partial charge on any atom is 0.321 e. The number of para-hydroxylation sites is 1. The first-order chi connectivity index (χ1) is 13.0. The van der Waals surface area contributed by atoms with Crippen LogP contribution in [0.15, 0.2) is 42.5 Å². The Labute approximate surface area is 167 Å². The second kappa shape index (κ2) is 8.66. The fourth-order valence-corrected chi connectivity index (χ4v) is 3.76. The number of rotatable bonds is 4. The Balaban J connectivity index is 1.67. The van der Waals surface area contributed by atoms with Gasteiger partial charge in [-0.15, -0.1) is 0 Å². The summed E-state index contributed by atoms with van der Waals surface area (Å²) in [5.41, 5.74) is 4.48. The molecule has 0 unspecified atom stereocenters. The summed E-state index contributed by atoms with van der Waals surface area (Å²) >= 11 is 6.10. The van der Waals surface area contributed by atoms with Crippen LogP contribution in [0.25, 0.3) is 0 Å². The van der Waals surface area contributed by atoms with Crippen LogP contribution >= 0.6 is 11.6 Å². The number of hydrogen-bond donors (Lipinski definition) is 1. The SMILES string of the molecule is CCc1cccc(C(C)C)c1NC(=O)N1CCN(c2cccc(Cl)c2)CC1. The molecule has 4 nitrogen and oxygen atoms in total. The van der Waals surface area contributed by atoms with Gasteiger partial charge < -0.3 is 15.1 Å². The van der Waals surface area contributed by atoms with Crippen LogP contribution < -0.4 is 10.2 Å². The van der Waals surface area contributed by atoms with Gasteiger partial charge in [0.05, 0.1) is 0 Å². The van der Waals surface area contributed by atoms with E-state index in [1.807, 2.05) is 23.1 Å². The van der Waals surface area contributed by atoms with Crippen LogP contribution in [0.3, 0.4) is 0 Å². The van der Waals surface area contributed by atoms with Gasteiger partial charge in [-0.05, 0) is 41.7 Å². The van der Waals surface area contributed by atoms with E-state index in [0.29, 0.717) is 19.0 Å². The molecule has 144 valence electrons. The smallest absolute Gasteiger partial charge is 0.321 e. The normalized spacial score (nSPS) is 14.6. The number of nitrogens with zero attached hydrogens (tertiary/aromatic N) is 2. The largest absolute Gasteiger partial charge is 0.368 e. The zero-order valence-electron chi connectivity index (χ0n) is 16.3. The van der Waals surface area contributed by atoms with E-state index in [-0.39, 0.29) is 6.03 Å². The third-order valence-corrected chi connectivity index (χ3v) is 5.39. The van der Waals surface area contributed by atoms with Crippen molar-refractivity contribution in [3.05, 3.63) is 58.6 Å². The van der Waals surface area contributed by atoms with Gasteiger partial charge in [-0.1, -0.05) is 56.6 Å². The Morgan fingerprint density at radius 1 is 1.11 bits per heavy atom. The number of carbonyl (C=O) groups is 1. The zero-order valence-corrected chi connectivity index (χ0v) is 17.1. The number of hydrogen-bond acceptors (Lipinski definition) is 2. The number of halogens is 1. The lowest BCUT2D eigenvalue weighted by Crippen LogP contribution is -2.50. The van der Waals surface area contributed by atoms with Gasteiger partial charge in [0.2, 0.25) is 0 Å². The van der Waals surface area contributed by atoms with Crippen molar-refractivity contribution in [3.8, 4) is 0 Å². The van der Waals surface area contributed by atoms with Crippen molar-refractivity contribution in [1.82, 2.24) is 4.90 Å². The first-order valence-electron chi connectivity index (χ1n) is 9.67. The summed E-state index contributed by atoms with van der Waals surface area (Å²) in [6.45, 7) is 9.45. The van der Waals surface area contributed by atoms with E-state index in [1.54, 1.807) is 0 Å². The van der Waals surface area contributed by atoms with Crippen LogP contribution in [0.2, 0.25) is 5.02 Å². The molecule has 0 spiro atoms. The fourth-order valence-electron chi connectivity index (χ4n) is 3.57. The molecule has 3 rings (SSSR count). The highest BCUT2D eigenvalue weighted by Gasteiger charge is 2.23. The standard InChI is InChI=1S/C22H28ClN3O/c1-4-17-7-5-10-20(16(2)3)21(17)24-22(27)26-13-11-25(12-14-26)19-9-6-8-18(23)15-19/h5-10,15-16H,4,11-14H2,1-3H3,(H,24,27). The summed E-state index contributed by atoms with van der Waals surface area (Å²) in [4.78, 5) is 17.1. The Morgan fingerprint density at radius 3 is 2.44 bits per heavy atom. The average Bonchev–Trinajstić information content (AvgIpc) is 2.68. The van der Waals surface area contributed by atoms with Crippen molar-refractivity contribution < 1.29 is 4.79 Å². The van der Waals surface area contributed by atoms with Crippen molar-refractivity contribution >= 4 is 29.0 Å². The molecule has 2 aromatic rings. The van der Waals surface area contributed by atoms with E-state index in [4.69, 9.17) is 11.6 Å². The molecule has 1 fully saturated rings. The molecule has 2 aromatic carbocycles. The third-order valence-electron chi connectivity index (χ3n) is 5.16. The molecule has 27 heavy (non-hydrogen) atoms. The van der Waals surface area contributed by atoms with E-state index in [2.05, 4.69) is 55.3 Å². The van der Waals surface area contributed by atoms with Gasteiger partial charge in [0.25, 0.3) is 0 Å². The van der Waals surface area contributed by atoms with Gasteiger partial charge in [0.15, 0.2) is 0 Å². The van der Waals surface area contributed by atoms with E-state index in [0.717, 1.165) is 35.9 Å². The molecule has 5 heteroatoms. The van der Waals surface area contributed by atoms with Gasteiger partial charge in [0.1, 0.15) is 0 Å². The van der Waals surface area contributed by atoms with Gasteiger partial charge in [0, 0.05) is 42.6 Å². The average molecular weight is 386 g/mol. The topological polar surface area (TPSA) is 35.6 Å². The lowest BCUT2D eigenvalue weighted by Gasteiger charge is -2.36. The zero-order chi connectivity index (χ0) is 19.4. The highest BCUT2D eigenvalue weighted by Crippen LogP contribution is 2.29. The first-order valence-corrected chi connectivity index (χ1v) is 10.1. The van der Waals surface area contributed by atoms with Gasteiger partial charge in [-0.25, -0.2) is 4.79 Å². The molecular formula is C22H28ClN3O. The number of carbonyl (C=O) groups excluding carboxylic acids is 1. The summed E-state index contributed by atoms with van der Waals surface area (Å²) in [6, 6.07) is 14.2. The van der Waals surface area contributed by atoms with Crippen LogP contribution in [-0.4, -0.2) is 37.1 Å². The summed E-state index contributed by atoms with van der Waals surface area (Å²) in [6.07, 6.45) is 0.902. The van der Waals surface area contributed by atoms with Gasteiger partial charge in [-0.3, -0.25) is 0 Å². The Morgan fingerprint density at radius 2 is 1.81 bits per heavy atom. The van der Waals surface area contributed by atoms with E-state index in [1.165, 1.54) is 11.1 Å². The maximum atomic E-state index is 12.9. The first kappa shape index (κ1) is 19.6. The second-order valence-corrected chi connectivity index (χ2v) is 7.71. The van der Waals surface area contributed by atoms with Crippen LogP contribution in [0.4, 0.5) is 16.2 Å². The molecule has 0 aliphatic carbocycles. The summed E-state index contributed by atoms with van der Waals surface area (Å²) in [5.74, 6) is 0.367. The molecule has 0 radical (unpaired) electrons. The molecular weight excluding hydrogens is 358 g/mol. The van der Waals surface area contributed by atoms with Crippen molar-refractivity contribution in [1.29, 1.82) is 0 Å². The van der Waals surface area contributed by atoms with Gasteiger partial charge in [-0.2, -0.15) is 0 Å². The number of aryl methyl sites for hydroxylation is 1. The molecule has 1 heterocycles. The molecule has 1 aliphatic heterocycles. The van der Waals surface area contributed by atoms with Crippen LogP contribution in [0, 0.1) is 0 Å². The van der Waals surface area contributed by atoms with Crippen LogP contribution in [-0.2, 0) is 6.42 Å². The van der Waals surface area contributed by atoms with E-state index in [9.17, 15) is 4.79 Å². The quantitative estimate of drug-likeness (QED) is 0.766. The number of anilines is 2. The lowest BCUT2D eigenvalue weighted by molar-refractivity contribution is 0.208. The Bertz CT molecular complexity index is 798. The van der Waals surface area contributed by atoms with Crippen molar-refractivity contribution in [3.63, 3.8) is 0 Å². The maximum absolute atomic E-state index is 12.9. The van der Waals surface area contributed by atoms with Crippen LogP contribution in [0.1, 0.15) is 37.8 Å². The molecule has 0 atom stereocenters. The Hall–Kier alpha value is -2.20. The monoisotopic (exact) mass is 385 g/mol. The molecule has 2 amide bonds. The number of piperazine rings is 1. The highest BCUT2D eigenvalue weighted by molar-refractivity contribution is 6.30. The minimum atomic E-state index is -0.0106.